The molecule has 0 aromatic carbocycles. The van der Waals surface area contributed by atoms with E-state index >= 15 is 0 Å². The molecule has 0 aliphatic rings. The summed E-state index contributed by atoms with van der Waals surface area (Å²) in [5, 5.41) is 0. The van der Waals surface area contributed by atoms with E-state index in [1.165, 1.54) is 0 Å². The molecular weight excluding hydrogens is 60.1 g/mol. The lowest BCUT2D eigenvalue weighted by Gasteiger charge is -1.79. The van der Waals surface area contributed by atoms with Crippen molar-refractivity contribution in [2.75, 3.05) is 0 Å². The van der Waals surface area contributed by atoms with Crippen LogP contribution in [0.2, 0.25) is 0 Å². The molecule has 0 N–H and O–H groups in total. The second-order valence-corrected chi connectivity index (χ2v) is 0.986. The molecule has 0 spiro atoms. The fourth-order valence-corrected chi connectivity index (χ4v) is 0.204. The Balaban J connectivity index is 2.75. The van der Waals surface area contributed by atoms with Crippen LogP contribution < -0.4 is 0 Å². The van der Waals surface area contributed by atoms with Gasteiger partial charge in [0.1, 0.15) is 0 Å². The minimum absolute atomic E-state index is 0.0741. The molecule has 31 valence electrons. The van der Waals surface area contributed by atoms with Gasteiger partial charge < -0.3 is 0 Å². The van der Waals surface area contributed by atoms with Crippen molar-refractivity contribution in [1.82, 2.24) is 0 Å². The van der Waals surface area contributed by atoms with Gasteiger partial charge in [-0.2, -0.15) is 0 Å². The molecule has 1 unspecified atom stereocenters. The first kappa shape index (κ1) is 3.20. The molecule has 0 saturated heterocycles. The Hall–Kier alpha value is 0. The average molecular weight is 72.1 g/mol. The molecule has 0 saturated carbocycles. The Morgan fingerprint density at radius 3 is 2.60 bits per heavy atom. The highest BCUT2D eigenvalue weighted by Crippen LogP contribution is 1.87. The minimum atomic E-state index is 0.0741. The Morgan fingerprint density at radius 1 is 2.00 bits per heavy atom. The third kappa shape index (κ3) is 4.00. The van der Waals surface area contributed by atoms with Crippen molar-refractivity contribution in [2.45, 2.75) is 26.2 Å². The molecule has 0 fully saturated rings. The van der Waals surface area contributed by atoms with E-state index < -0.39 is 0 Å². The molecule has 0 aliphatic carbocycles. The zero-order chi connectivity index (χ0) is 4.99. The summed E-state index contributed by atoms with van der Waals surface area (Å²) in [5.41, 5.74) is 0. The van der Waals surface area contributed by atoms with Crippen LogP contribution in [0.15, 0.2) is 0 Å². The number of rotatable bonds is 2. The van der Waals surface area contributed by atoms with Crippen LogP contribution >= 0.6 is 0 Å². The van der Waals surface area contributed by atoms with Crippen LogP contribution in [0.25, 0.3) is 0 Å². The van der Waals surface area contributed by atoms with E-state index in [9.17, 15) is 0 Å². The van der Waals surface area contributed by atoms with E-state index in [4.69, 9.17) is 1.37 Å². The largest absolute Gasteiger partial charge is 0.0654 e. The summed E-state index contributed by atoms with van der Waals surface area (Å²) in [6, 6.07) is 0. The molecule has 0 bridgehead atoms. The molecule has 5 heavy (non-hydrogen) atoms. The highest BCUT2D eigenvalue weighted by Gasteiger charge is 1.68. The monoisotopic (exact) mass is 72.1 g/mol. The van der Waals surface area contributed by atoms with Gasteiger partial charge in [-0.05, 0) is 0 Å². The Morgan fingerprint density at radius 2 is 2.60 bits per heavy atom. The summed E-state index contributed by atoms with van der Waals surface area (Å²) < 4.78 is 7.01. The van der Waals surface area contributed by atoms with Crippen LogP contribution in [-0.4, -0.2) is 0 Å². The maximum Gasteiger partial charge on any atom is 0.0266 e. The molecule has 0 amide bonds. The first-order chi connectivity index (χ1) is 2.81. The van der Waals surface area contributed by atoms with E-state index in [1.54, 1.807) is 0 Å². The molecular formula is C5H11. The van der Waals surface area contributed by atoms with Crippen LogP contribution in [0.1, 0.15) is 27.5 Å². The van der Waals surface area contributed by atoms with Crippen molar-refractivity contribution in [1.29, 1.82) is 0 Å². The van der Waals surface area contributed by atoms with Gasteiger partial charge in [0.05, 0.1) is 0 Å². The molecule has 0 aromatic heterocycles. The summed E-state index contributed by atoms with van der Waals surface area (Å²) in [4.78, 5) is 0. The lowest BCUT2D eigenvalue weighted by atomic mass is 10.3. The maximum atomic E-state index is 7.01. The molecule has 0 aliphatic heterocycles. The molecule has 1 atom stereocenters. The first-order valence-electron chi connectivity index (χ1n) is 2.60. The Bertz CT molecular complexity index is 23.1. The smallest absolute Gasteiger partial charge is 0.0266 e. The summed E-state index contributed by atoms with van der Waals surface area (Å²) in [6.45, 7) is 5.57. The highest BCUT2D eigenvalue weighted by molar-refractivity contribution is 4.35. The quantitative estimate of drug-likeness (QED) is 0.468. The van der Waals surface area contributed by atoms with Gasteiger partial charge in [0.15, 0.2) is 0 Å². The average Bonchev–Trinajstić information content (AvgIpc) is 1.65. The summed E-state index contributed by atoms with van der Waals surface area (Å²) >= 11 is 0. The van der Waals surface area contributed by atoms with Gasteiger partial charge in [0, 0.05) is 1.37 Å². The lowest BCUT2D eigenvalue weighted by molar-refractivity contribution is 0.813. The van der Waals surface area contributed by atoms with Gasteiger partial charge in [-0.25, -0.2) is 0 Å². The third-order valence-electron chi connectivity index (χ3n) is 0.493. The summed E-state index contributed by atoms with van der Waals surface area (Å²) in [6.07, 6.45) is 1.75. The molecule has 1 radical (unpaired) electrons. The van der Waals surface area contributed by atoms with Crippen LogP contribution in [0.3, 0.4) is 0 Å². The van der Waals surface area contributed by atoms with E-state index in [1.807, 2.05) is 6.92 Å². The molecule has 0 heteroatoms. The number of hydrogen-bond donors (Lipinski definition) is 0. The lowest BCUT2D eigenvalue weighted by Crippen LogP contribution is -1.59. The minimum Gasteiger partial charge on any atom is -0.0654 e. The van der Waals surface area contributed by atoms with Crippen molar-refractivity contribution in [3.05, 3.63) is 6.92 Å². The zero-order valence-electron chi connectivity index (χ0n) is 4.70. The Kier molecular flexibility index (Phi) is 2.56. The van der Waals surface area contributed by atoms with Gasteiger partial charge in [0.25, 0.3) is 0 Å². The zero-order valence-corrected chi connectivity index (χ0v) is 3.70. The van der Waals surface area contributed by atoms with Gasteiger partial charge in [-0.15, -0.1) is 0 Å². The first-order valence-corrected chi connectivity index (χ1v) is 2.02. The van der Waals surface area contributed by atoms with E-state index in [2.05, 4.69) is 6.92 Å². The van der Waals surface area contributed by atoms with Crippen molar-refractivity contribution >= 4 is 0 Å². The predicted molar refractivity (Wildman–Crippen MR) is 24.9 cm³/mol. The van der Waals surface area contributed by atoms with Crippen molar-refractivity contribution < 1.29 is 1.37 Å². The van der Waals surface area contributed by atoms with Gasteiger partial charge in [0.2, 0.25) is 0 Å². The second-order valence-electron chi connectivity index (χ2n) is 0.986. The molecule has 0 rings (SSSR count). The highest BCUT2D eigenvalue weighted by atomic mass is 13.7. The van der Waals surface area contributed by atoms with E-state index in [-0.39, 0.29) is 6.40 Å². The second kappa shape index (κ2) is 4.00. The van der Waals surface area contributed by atoms with Gasteiger partial charge >= 0.3 is 0 Å². The summed E-state index contributed by atoms with van der Waals surface area (Å²) in [7, 11) is 0. The van der Waals surface area contributed by atoms with Crippen LogP contribution in [-0.2, 0) is 0 Å². The third-order valence-corrected chi connectivity index (χ3v) is 0.493. The predicted octanol–water partition coefficient (Wildman–Crippen LogP) is 2.01. The van der Waals surface area contributed by atoms with Gasteiger partial charge in [-0.3, -0.25) is 0 Å². The topological polar surface area (TPSA) is 0 Å². The molecule has 0 aromatic rings. The molecule has 0 heterocycles. The fraction of sp³-hybridized carbons (Fsp3) is 0.800. The Labute approximate surface area is 35.6 Å². The fourth-order valence-electron chi connectivity index (χ4n) is 0.204. The summed E-state index contributed by atoms with van der Waals surface area (Å²) in [5.74, 6) is 0. The van der Waals surface area contributed by atoms with E-state index in [0.29, 0.717) is 0 Å². The van der Waals surface area contributed by atoms with Crippen molar-refractivity contribution in [3.8, 4) is 0 Å². The normalized spacial score (nSPS) is 12.2. The number of hydrogen-bond acceptors (Lipinski definition) is 0. The maximum absolute atomic E-state index is 7.01. The van der Waals surface area contributed by atoms with Crippen LogP contribution in [0, 0.1) is 6.92 Å². The van der Waals surface area contributed by atoms with E-state index in [0.717, 1.165) is 12.8 Å². The van der Waals surface area contributed by atoms with Crippen LogP contribution in [0.4, 0.5) is 0 Å². The standard InChI is InChI=1S/C5H11/c1-3-5-4-2/h1,3-5H2,2H3/i5D. The van der Waals surface area contributed by atoms with Crippen LogP contribution in [0.5, 0.6) is 0 Å². The SMILES string of the molecule is [2H]C(C[CH2])CC. The van der Waals surface area contributed by atoms with Gasteiger partial charge in [-0.1, -0.05) is 33.1 Å². The van der Waals surface area contributed by atoms with Crippen molar-refractivity contribution in [2.24, 2.45) is 0 Å². The molecule has 0 nitrogen and oxygen atoms in total. The van der Waals surface area contributed by atoms with Crippen molar-refractivity contribution in [3.63, 3.8) is 0 Å².